The van der Waals surface area contributed by atoms with Gasteiger partial charge in [0.05, 0.1) is 5.52 Å². The molecule has 1 atom stereocenters. The van der Waals surface area contributed by atoms with E-state index in [1.165, 1.54) is 11.8 Å². The lowest BCUT2D eigenvalue weighted by Gasteiger charge is -2.17. The zero-order valence-corrected chi connectivity index (χ0v) is 15.3. The molecular weight excluding hydrogens is 344 g/mol. The van der Waals surface area contributed by atoms with Crippen LogP contribution < -0.4 is 10.6 Å². The molecule has 4 rings (SSSR count). The maximum Gasteiger partial charge on any atom is 0.238 e. The van der Waals surface area contributed by atoms with Gasteiger partial charge < -0.3 is 10.6 Å². The van der Waals surface area contributed by atoms with Gasteiger partial charge in [0.15, 0.2) is 5.16 Å². The highest BCUT2D eigenvalue weighted by Gasteiger charge is 2.29. The van der Waals surface area contributed by atoms with Gasteiger partial charge in [-0.3, -0.25) is 4.79 Å². The first-order chi connectivity index (χ1) is 12.7. The Kier molecular flexibility index (Phi) is 4.75. The van der Waals surface area contributed by atoms with Crippen molar-refractivity contribution in [3.63, 3.8) is 0 Å². The first-order valence-corrected chi connectivity index (χ1v) is 9.59. The molecule has 0 spiro atoms. The van der Waals surface area contributed by atoms with E-state index in [0.29, 0.717) is 11.2 Å². The molecule has 0 bridgehead atoms. The van der Waals surface area contributed by atoms with Gasteiger partial charge in [-0.05, 0) is 30.5 Å². The Labute approximate surface area is 156 Å². The topological polar surface area (TPSA) is 66.9 Å². The van der Waals surface area contributed by atoms with E-state index >= 15 is 0 Å². The predicted molar refractivity (Wildman–Crippen MR) is 105 cm³/mol. The van der Waals surface area contributed by atoms with Crippen LogP contribution in [0.5, 0.6) is 0 Å². The van der Waals surface area contributed by atoms with Crippen molar-refractivity contribution in [3.05, 3.63) is 60.2 Å². The lowest BCUT2D eigenvalue weighted by atomic mass is 10.1. The first kappa shape index (κ1) is 16.8. The molecule has 1 amide bonds. The van der Waals surface area contributed by atoms with Crippen LogP contribution in [0.2, 0.25) is 0 Å². The summed E-state index contributed by atoms with van der Waals surface area (Å²) in [6.07, 6.45) is 2.13. The number of hydrogen-bond donors (Lipinski definition) is 2. The molecule has 1 aromatic heterocycles. The minimum absolute atomic E-state index is 0.0199. The number of aromatic nitrogens is 2. The van der Waals surface area contributed by atoms with Crippen molar-refractivity contribution in [2.75, 3.05) is 12.4 Å². The van der Waals surface area contributed by atoms with Crippen LogP contribution in [0.4, 0.5) is 5.82 Å². The maximum atomic E-state index is 12.8. The molecule has 1 fully saturated rings. The standard InChI is InChI=1S/C20H20N4OS/c1-21-18-15-9-5-6-10-16(15)23-20(24-18)26-17(13-7-3-2-4-8-13)19(25)22-14-11-12-14/h2-10,14,17H,11-12H2,1H3,(H,22,25)(H,21,23,24). The van der Waals surface area contributed by atoms with Crippen LogP contribution in [0.1, 0.15) is 23.7 Å². The highest BCUT2D eigenvalue weighted by molar-refractivity contribution is 8.00. The number of thioether (sulfide) groups is 1. The number of nitrogens with one attached hydrogen (secondary N) is 2. The van der Waals surface area contributed by atoms with Crippen molar-refractivity contribution in [1.29, 1.82) is 0 Å². The van der Waals surface area contributed by atoms with Crippen molar-refractivity contribution >= 4 is 34.4 Å². The Hall–Kier alpha value is -2.60. The van der Waals surface area contributed by atoms with Crippen molar-refractivity contribution < 1.29 is 4.79 Å². The Morgan fingerprint density at radius 1 is 1.08 bits per heavy atom. The fraction of sp³-hybridized carbons (Fsp3) is 0.250. The summed E-state index contributed by atoms with van der Waals surface area (Å²) in [6, 6.07) is 18.0. The summed E-state index contributed by atoms with van der Waals surface area (Å²) in [5, 5.41) is 7.43. The average Bonchev–Trinajstić information content (AvgIpc) is 3.50. The minimum Gasteiger partial charge on any atom is -0.372 e. The fourth-order valence-electron chi connectivity index (χ4n) is 2.81. The third-order valence-corrected chi connectivity index (χ3v) is 5.42. The first-order valence-electron chi connectivity index (χ1n) is 8.71. The van der Waals surface area contributed by atoms with E-state index in [9.17, 15) is 4.79 Å². The Morgan fingerprint density at radius 2 is 1.81 bits per heavy atom. The van der Waals surface area contributed by atoms with Crippen LogP contribution in [-0.4, -0.2) is 29.0 Å². The third kappa shape index (κ3) is 3.65. The number of carbonyl (C=O) groups is 1. The van der Waals surface area contributed by atoms with Gasteiger partial charge in [-0.25, -0.2) is 9.97 Å². The van der Waals surface area contributed by atoms with Gasteiger partial charge in [0.1, 0.15) is 11.1 Å². The molecule has 6 heteroatoms. The van der Waals surface area contributed by atoms with E-state index in [0.717, 1.165) is 35.1 Å². The monoisotopic (exact) mass is 364 g/mol. The quantitative estimate of drug-likeness (QED) is 0.515. The van der Waals surface area contributed by atoms with E-state index in [1.54, 1.807) is 0 Å². The van der Waals surface area contributed by atoms with Crippen LogP contribution >= 0.6 is 11.8 Å². The van der Waals surface area contributed by atoms with Crippen molar-refractivity contribution in [1.82, 2.24) is 15.3 Å². The normalized spacial score (nSPS) is 14.8. The number of para-hydroxylation sites is 1. The lowest BCUT2D eigenvalue weighted by Crippen LogP contribution is -2.29. The van der Waals surface area contributed by atoms with E-state index in [2.05, 4.69) is 20.6 Å². The van der Waals surface area contributed by atoms with Crippen LogP contribution in [0.15, 0.2) is 59.8 Å². The molecule has 5 nitrogen and oxygen atoms in total. The molecule has 132 valence electrons. The average molecular weight is 364 g/mol. The number of fused-ring (bicyclic) bond motifs is 1. The number of anilines is 1. The summed E-state index contributed by atoms with van der Waals surface area (Å²) in [6.45, 7) is 0. The molecule has 0 aliphatic heterocycles. The van der Waals surface area contributed by atoms with E-state index in [1.807, 2.05) is 61.6 Å². The summed E-state index contributed by atoms with van der Waals surface area (Å²) in [7, 11) is 1.84. The Balaban J connectivity index is 1.68. The number of nitrogens with zero attached hydrogens (tertiary/aromatic N) is 2. The molecule has 1 aliphatic carbocycles. The van der Waals surface area contributed by atoms with Crippen LogP contribution in [-0.2, 0) is 4.79 Å². The second-order valence-electron chi connectivity index (χ2n) is 6.31. The summed E-state index contributed by atoms with van der Waals surface area (Å²) in [5.74, 6) is 0.791. The molecule has 0 radical (unpaired) electrons. The Bertz CT molecular complexity index is 928. The lowest BCUT2D eigenvalue weighted by molar-refractivity contribution is -0.120. The molecule has 1 heterocycles. The summed E-state index contributed by atoms with van der Waals surface area (Å²) in [4.78, 5) is 22.1. The highest BCUT2D eigenvalue weighted by Crippen LogP contribution is 2.36. The second kappa shape index (κ2) is 7.33. The molecular formula is C20H20N4OS. The highest BCUT2D eigenvalue weighted by atomic mass is 32.2. The van der Waals surface area contributed by atoms with Crippen molar-refractivity contribution in [2.24, 2.45) is 0 Å². The molecule has 0 saturated heterocycles. The largest absolute Gasteiger partial charge is 0.372 e. The van der Waals surface area contributed by atoms with Gasteiger partial charge >= 0.3 is 0 Å². The smallest absolute Gasteiger partial charge is 0.238 e. The van der Waals surface area contributed by atoms with Gasteiger partial charge in [-0.1, -0.05) is 54.2 Å². The second-order valence-corrected chi connectivity index (χ2v) is 7.39. The summed E-state index contributed by atoms with van der Waals surface area (Å²) >= 11 is 1.39. The zero-order valence-electron chi connectivity index (χ0n) is 14.5. The fourth-order valence-corrected chi connectivity index (χ4v) is 3.78. The van der Waals surface area contributed by atoms with E-state index in [4.69, 9.17) is 0 Å². The number of amides is 1. The Morgan fingerprint density at radius 3 is 2.54 bits per heavy atom. The summed E-state index contributed by atoms with van der Waals surface area (Å²) < 4.78 is 0. The number of rotatable bonds is 6. The van der Waals surface area contributed by atoms with Crippen LogP contribution in [0, 0.1) is 0 Å². The van der Waals surface area contributed by atoms with Crippen molar-refractivity contribution in [2.45, 2.75) is 29.3 Å². The van der Waals surface area contributed by atoms with Gasteiger partial charge in [-0.2, -0.15) is 0 Å². The van der Waals surface area contributed by atoms with Gasteiger partial charge in [0.2, 0.25) is 5.91 Å². The number of hydrogen-bond acceptors (Lipinski definition) is 5. The van der Waals surface area contributed by atoms with Crippen LogP contribution in [0.25, 0.3) is 10.9 Å². The number of carbonyl (C=O) groups excluding carboxylic acids is 1. The van der Waals surface area contributed by atoms with Crippen molar-refractivity contribution in [3.8, 4) is 0 Å². The van der Waals surface area contributed by atoms with Crippen LogP contribution in [0.3, 0.4) is 0 Å². The minimum atomic E-state index is -0.373. The molecule has 1 saturated carbocycles. The molecule has 2 N–H and O–H groups in total. The molecule has 2 aromatic carbocycles. The van der Waals surface area contributed by atoms with Gasteiger partial charge in [0.25, 0.3) is 0 Å². The molecule has 26 heavy (non-hydrogen) atoms. The molecule has 1 unspecified atom stereocenters. The summed E-state index contributed by atoms with van der Waals surface area (Å²) in [5.41, 5.74) is 1.82. The van der Waals surface area contributed by atoms with Gasteiger partial charge in [0, 0.05) is 18.5 Å². The molecule has 3 aromatic rings. The maximum absolute atomic E-state index is 12.8. The van der Waals surface area contributed by atoms with Gasteiger partial charge in [-0.15, -0.1) is 0 Å². The van der Waals surface area contributed by atoms with E-state index < -0.39 is 0 Å². The van der Waals surface area contributed by atoms with E-state index in [-0.39, 0.29) is 11.2 Å². The molecule has 1 aliphatic rings. The zero-order chi connectivity index (χ0) is 17.9. The third-order valence-electron chi connectivity index (χ3n) is 4.31. The number of benzene rings is 2. The predicted octanol–water partition coefficient (Wildman–Crippen LogP) is 3.78. The SMILES string of the molecule is CNc1nc(SC(C(=O)NC2CC2)c2ccccc2)nc2ccccc12.